The monoisotopic (exact) mass is 297 g/mol. The largest absolute Gasteiger partial charge is 0.478 e. The Hall–Kier alpha value is -1.87. The van der Waals surface area contributed by atoms with Crippen LogP contribution in [0.2, 0.25) is 0 Å². The molecule has 0 aliphatic rings. The standard InChI is InChI=1S/C10H11N5O2S2/c1-15(2)9-13-14-10(19-9)18-7-3-5(8(16)17)6(11)4-12-7/h3-4H,11H2,1-2H3,(H,16,17). The minimum absolute atomic E-state index is 0.0369. The Balaban J connectivity index is 2.23. The topological polar surface area (TPSA) is 105 Å². The molecular weight excluding hydrogens is 286 g/mol. The van der Waals surface area contributed by atoms with Crippen LogP contribution >= 0.6 is 23.1 Å². The molecule has 0 fully saturated rings. The van der Waals surface area contributed by atoms with Crippen LogP contribution in [0.25, 0.3) is 0 Å². The molecule has 0 aliphatic heterocycles. The van der Waals surface area contributed by atoms with Crippen LogP contribution in [0.3, 0.4) is 0 Å². The highest BCUT2D eigenvalue weighted by molar-refractivity contribution is 8.01. The van der Waals surface area contributed by atoms with Gasteiger partial charge in [0, 0.05) is 14.1 Å². The van der Waals surface area contributed by atoms with Gasteiger partial charge in [-0.1, -0.05) is 11.3 Å². The van der Waals surface area contributed by atoms with E-state index in [-0.39, 0.29) is 11.3 Å². The molecule has 19 heavy (non-hydrogen) atoms. The number of carbonyl (C=O) groups is 1. The summed E-state index contributed by atoms with van der Waals surface area (Å²) in [5.41, 5.74) is 5.72. The number of pyridine rings is 1. The van der Waals surface area contributed by atoms with Gasteiger partial charge in [-0.25, -0.2) is 9.78 Å². The predicted octanol–water partition coefficient (Wildman–Crippen LogP) is 1.43. The SMILES string of the molecule is CN(C)c1nnc(Sc2cc(C(=O)O)c(N)cn2)s1. The molecule has 0 saturated carbocycles. The number of anilines is 2. The molecule has 9 heteroatoms. The Bertz CT molecular complexity index is 614. The lowest BCUT2D eigenvalue weighted by atomic mass is 10.2. The lowest BCUT2D eigenvalue weighted by molar-refractivity contribution is 0.0697. The number of rotatable bonds is 4. The zero-order valence-electron chi connectivity index (χ0n) is 10.2. The normalized spacial score (nSPS) is 10.4. The minimum atomic E-state index is -1.08. The molecule has 7 nitrogen and oxygen atoms in total. The van der Waals surface area contributed by atoms with Crippen LogP contribution in [-0.4, -0.2) is 40.4 Å². The second kappa shape index (κ2) is 5.41. The zero-order valence-corrected chi connectivity index (χ0v) is 11.8. The molecule has 3 N–H and O–H groups in total. The summed E-state index contributed by atoms with van der Waals surface area (Å²) in [7, 11) is 3.75. The molecule has 0 aromatic carbocycles. The van der Waals surface area contributed by atoms with Gasteiger partial charge >= 0.3 is 5.97 Å². The van der Waals surface area contributed by atoms with Crippen LogP contribution in [0.1, 0.15) is 10.4 Å². The summed E-state index contributed by atoms with van der Waals surface area (Å²) in [5, 5.41) is 18.3. The van der Waals surface area contributed by atoms with Gasteiger partial charge < -0.3 is 15.7 Å². The van der Waals surface area contributed by atoms with E-state index in [1.54, 1.807) is 0 Å². The van der Waals surface area contributed by atoms with E-state index in [9.17, 15) is 4.79 Å². The van der Waals surface area contributed by atoms with Crippen molar-refractivity contribution in [2.45, 2.75) is 9.37 Å². The van der Waals surface area contributed by atoms with Crippen LogP contribution < -0.4 is 10.6 Å². The minimum Gasteiger partial charge on any atom is -0.478 e. The van der Waals surface area contributed by atoms with Gasteiger partial charge in [0.15, 0.2) is 4.34 Å². The second-order valence-electron chi connectivity index (χ2n) is 3.76. The van der Waals surface area contributed by atoms with Crippen LogP contribution in [0.4, 0.5) is 10.8 Å². The summed E-state index contributed by atoms with van der Waals surface area (Å²) in [6.07, 6.45) is 1.33. The van der Waals surface area contributed by atoms with Gasteiger partial charge in [-0.05, 0) is 17.8 Å². The van der Waals surface area contributed by atoms with E-state index in [0.29, 0.717) is 9.37 Å². The molecule has 2 rings (SSSR count). The summed E-state index contributed by atoms with van der Waals surface area (Å²) < 4.78 is 0.692. The molecule has 0 bridgehead atoms. The van der Waals surface area contributed by atoms with Crippen molar-refractivity contribution < 1.29 is 9.90 Å². The summed E-state index contributed by atoms with van der Waals surface area (Å²) >= 11 is 2.66. The fourth-order valence-electron chi connectivity index (χ4n) is 1.20. The van der Waals surface area contributed by atoms with Gasteiger partial charge in [0.2, 0.25) is 5.13 Å². The molecule has 0 unspecified atom stereocenters. The highest BCUT2D eigenvalue weighted by Crippen LogP contribution is 2.32. The second-order valence-corrected chi connectivity index (χ2v) is 5.99. The van der Waals surface area contributed by atoms with Gasteiger partial charge in [0.25, 0.3) is 0 Å². The molecule has 2 aromatic rings. The summed E-state index contributed by atoms with van der Waals surface area (Å²) in [6, 6.07) is 1.43. The third kappa shape index (κ3) is 3.12. The van der Waals surface area contributed by atoms with Crippen molar-refractivity contribution in [3.8, 4) is 0 Å². The van der Waals surface area contributed by atoms with E-state index in [1.165, 1.54) is 35.4 Å². The van der Waals surface area contributed by atoms with Crippen molar-refractivity contribution in [1.29, 1.82) is 0 Å². The van der Waals surface area contributed by atoms with Gasteiger partial charge in [-0.2, -0.15) is 0 Å². The number of carboxylic acids is 1. The van der Waals surface area contributed by atoms with Crippen molar-refractivity contribution >= 4 is 39.9 Å². The fourth-order valence-corrected chi connectivity index (χ4v) is 2.89. The summed E-state index contributed by atoms with van der Waals surface area (Å²) in [6.45, 7) is 0. The van der Waals surface area contributed by atoms with E-state index in [4.69, 9.17) is 10.8 Å². The number of nitrogens with two attached hydrogens (primary N) is 1. The van der Waals surface area contributed by atoms with Gasteiger partial charge in [0.1, 0.15) is 5.03 Å². The van der Waals surface area contributed by atoms with Gasteiger partial charge in [0.05, 0.1) is 17.4 Å². The maximum atomic E-state index is 11.0. The molecule has 0 saturated heterocycles. The molecular formula is C10H11N5O2S2. The smallest absolute Gasteiger partial charge is 0.337 e. The average molecular weight is 297 g/mol. The van der Waals surface area contributed by atoms with Gasteiger partial charge in [-0.3, -0.25) is 0 Å². The van der Waals surface area contributed by atoms with Crippen LogP contribution in [0.15, 0.2) is 21.6 Å². The lowest BCUT2D eigenvalue weighted by Crippen LogP contribution is -2.07. The van der Waals surface area contributed by atoms with Crippen molar-refractivity contribution in [3.05, 3.63) is 17.8 Å². The maximum absolute atomic E-state index is 11.0. The van der Waals surface area contributed by atoms with E-state index < -0.39 is 5.97 Å². The third-order valence-corrected chi connectivity index (χ3v) is 4.18. The number of aromatic nitrogens is 3. The van der Waals surface area contributed by atoms with Crippen LogP contribution in [0.5, 0.6) is 0 Å². The third-order valence-electron chi connectivity index (χ3n) is 2.11. The van der Waals surface area contributed by atoms with Crippen molar-refractivity contribution in [2.75, 3.05) is 24.7 Å². The Kier molecular flexibility index (Phi) is 3.86. The molecule has 0 radical (unpaired) electrons. The van der Waals surface area contributed by atoms with Crippen LogP contribution in [0, 0.1) is 0 Å². The first-order valence-electron chi connectivity index (χ1n) is 5.15. The van der Waals surface area contributed by atoms with Crippen molar-refractivity contribution in [1.82, 2.24) is 15.2 Å². The quantitative estimate of drug-likeness (QED) is 0.873. The molecule has 0 atom stereocenters. The molecule has 0 spiro atoms. The number of nitrogen functional groups attached to an aromatic ring is 1. The molecule has 2 aromatic heterocycles. The first-order chi connectivity index (χ1) is 8.97. The van der Waals surface area contributed by atoms with E-state index in [1.807, 2.05) is 19.0 Å². The number of nitrogens with zero attached hydrogens (tertiary/aromatic N) is 4. The van der Waals surface area contributed by atoms with E-state index >= 15 is 0 Å². The Morgan fingerprint density at radius 3 is 2.79 bits per heavy atom. The van der Waals surface area contributed by atoms with Gasteiger partial charge in [-0.15, -0.1) is 10.2 Å². The number of aromatic carboxylic acids is 1. The first kappa shape index (κ1) is 13.6. The summed E-state index contributed by atoms with van der Waals surface area (Å²) in [4.78, 5) is 16.9. The Labute approximate surface area is 117 Å². The number of hydrogen-bond acceptors (Lipinski definition) is 8. The average Bonchev–Trinajstić information content (AvgIpc) is 2.80. The fraction of sp³-hybridized carbons (Fsp3) is 0.200. The zero-order chi connectivity index (χ0) is 14.0. The first-order valence-corrected chi connectivity index (χ1v) is 6.78. The predicted molar refractivity (Wildman–Crippen MR) is 74.0 cm³/mol. The van der Waals surface area contributed by atoms with Crippen LogP contribution in [-0.2, 0) is 0 Å². The van der Waals surface area contributed by atoms with Crippen molar-refractivity contribution in [3.63, 3.8) is 0 Å². The Morgan fingerprint density at radius 1 is 1.47 bits per heavy atom. The lowest BCUT2D eigenvalue weighted by Gasteiger charge is -2.04. The highest BCUT2D eigenvalue weighted by atomic mass is 32.2. The number of carboxylic acid groups (broad SMARTS) is 1. The highest BCUT2D eigenvalue weighted by Gasteiger charge is 2.13. The maximum Gasteiger partial charge on any atom is 0.337 e. The van der Waals surface area contributed by atoms with E-state index in [2.05, 4.69) is 15.2 Å². The summed E-state index contributed by atoms with van der Waals surface area (Å²) in [5.74, 6) is -1.08. The molecule has 2 heterocycles. The molecule has 0 aliphatic carbocycles. The molecule has 100 valence electrons. The Morgan fingerprint density at radius 2 is 2.21 bits per heavy atom. The number of hydrogen-bond donors (Lipinski definition) is 2. The van der Waals surface area contributed by atoms with E-state index in [0.717, 1.165) is 5.13 Å². The van der Waals surface area contributed by atoms with Crippen molar-refractivity contribution in [2.24, 2.45) is 0 Å². The molecule has 0 amide bonds.